The van der Waals surface area contributed by atoms with Crippen LogP contribution in [0.25, 0.3) is 6.08 Å². The lowest BCUT2D eigenvalue weighted by molar-refractivity contribution is 0.105. The molecule has 0 saturated carbocycles. The molecule has 0 bridgehead atoms. The van der Waals surface area contributed by atoms with E-state index in [-0.39, 0.29) is 5.78 Å². The van der Waals surface area contributed by atoms with Gasteiger partial charge >= 0.3 is 0 Å². The first kappa shape index (κ1) is 14.3. The van der Waals surface area contributed by atoms with Crippen molar-refractivity contribution in [3.8, 4) is 11.5 Å². The summed E-state index contributed by atoms with van der Waals surface area (Å²) in [6.45, 7) is 2.46. The summed E-state index contributed by atoms with van der Waals surface area (Å²) in [5, 5.41) is 1.89. The van der Waals surface area contributed by atoms with Gasteiger partial charge in [0.15, 0.2) is 17.3 Å². The number of rotatable bonds is 6. The molecule has 4 heteroatoms. The molecule has 104 valence electrons. The number of allylic oxidation sites excluding steroid dienone is 1. The Labute approximate surface area is 122 Å². The van der Waals surface area contributed by atoms with Gasteiger partial charge in [-0.2, -0.15) is 0 Å². The molecule has 2 aromatic rings. The Balaban J connectivity index is 2.26. The number of carbonyl (C=O) groups excluding carboxylic acids is 1. The van der Waals surface area contributed by atoms with Gasteiger partial charge in [0.25, 0.3) is 0 Å². The third kappa shape index (κ3) is 3.27. The number of thiophene rings is 1. The van der Waals surface area contributed by atoms with Crippen LogP contribution in [0.15, 0.2) is 41.8 Å². The van der Waals surface area contributed by atoms with Gasteiger partial charge in [-0.25, -0.2) is 0 Å². The molecule has 3 nitrogen and oxygen atoms in total. The van der Waals surface area contributed by atoms with Gasteiger partial charge in [-0.1, -0.05) is 18.2 Å². The minimum absolute atomic E-state index is 0.00901. The van der Waals surface area contributed by atoms with Gasteiger partial charge in [0, 0.05) is 5.56 Å². The van der Waals surface area contributed by atoms with E-state index in [1.165, 1.54) is 11.3 Å². The van der Waals surface area contributed by atoms with Crippen LogP contribution >= 0.6 is 11.3 Å². The maximum absolute atomic E-state index is 12.0. The van der Waals surface area contributed by atoms with Crippen LogP contribution in [-0.4, -0.2) is 19.5 Å². The third-order valence-electron chi connectivity index (χ3n) is 2.70. The Kier molecular flexibility index (Phi) is 4.96. The Morgan fingerprint density at radius 1 is 1.30 bits per heavy atom. The molecular formula is C16H16O3S. The average Bonchev–Trinajstić information content (AvgIpc) is 3.00. The smallest absolute Gasteiger partial charge is 0.195 e. The van der Waals surface area contributed by atoms with Gasteiger partial charge in [-0.15, -0.1) is 11.3 Å². The van der Waals surface area contributed by atoms with Crippen molar-refractivity contribution in [2.45, 2.75) is 6.92 Å². The van der Waals surface area contributed by atoms with E-state index in [0.29, 0.717) is 18.1 Å². The fourth-order valence-corrected chi connectivity index (χ4v) is 2.44. The molecule has 0 aliphatic rings. The largest absolute Gasteiger partial charge is 0.493 e. The zero-order chi connectivity index (χ0) is 14.4. The van der Waals surface area contributed by atoms with E-state index in [2.05, 4.69) is 0 Å². The summed E-state index contributed by atoms with van der Waals surface area (Å²) in [6.07, 6.45) is 3.32. The summed E-state index contributed by atoms with van der Waals surface area (Å²) in [6, 6.07) is 9.28. The minimum atomic E-state index is -0.00901. The summed E-state index contributed by atoms with van der Waals surface area (Å²) in [4.78, 5) is 12.7. The average molecular weight is 288 g/mol. The van der Waals surface area contributed by atoms with E-state index in [4.69, 9.17) is 9.47 Å². The summed E-state index contributed by atoms with van der Waals surface area (Å²) in [7, 11) is 1.60. The predicted octanol–water partition coefficient (Wildman–Crippen LogP) is 4.05. The number of carbonyl (C=O) groups is 1. The zero-order valence-electron chi connectivity index (χ0n) is 11.5. The Bertz CT molecular complexity index is 600. The van der Waals surface area contributed by atoms with Gasteiger partial charge in [-0.3, -0.25) is 4.79 Å². The molecule has 0 atom stereocenters. The lowest BCUT2D eigenvalue weighted by Gasteiger charge is -2.11. The molecular weight excluding hydrogens is 272 g/mol. The van der Waals surface area contributed by atoms with Crippen molar-refractivity contribution in [1.82, 2.24) is 0 Å². The molecule has 0 unspecified atom stereocenters. The molecule has 0 aliphatic heterocycles. The molecule has 0 amide bonds. The summed E-state index contributed by atoms with van der Waals surface area (Å²) in [5.74, 6) is 1.32. The van der Waals surface area contributed by atoms with Gasteiger partial charge in [0.2, 0.25) is 0 Å². The Hall–Kier alpha value is -2.07. The molecule has 0 fully saturated rings. The molecule has 0 N–H and O–H groups in total. The standard InChI is InChI=1S/C16H16O3S/c1-3-19-16-12(6-4-7-14(16)18-2)9-10-13(17)15-8-5-11-20-15/h4-11H,3H2,1-2H3/b10-9+. The van der Waals surface area contributed by atoms with Gasteiger partial charge in [0.05, 0.1) is 18.6 Å². The molecule has 2 rings (SSSR count). The second-order valence-corrected chi connectivity index (χ2v) is 4.93. The number of hydrogen-bond acceptors (Lipinski definition) is 4. The van der Waals surface area contributed by atoms with Crippen LogP contribution in [-0.2, 0) is 0 Å². The first-order valence-electron chi connectivity index (χ1n) is 6.32. The van der Waals surface area contributed by atoms with Crippen LogP contribution in [0.5, 0.6) is 11.5 Å². The third-order valence-corrected chi connectivity index (χ3v) is 3.58. The molecule has 1 aromatic carbocycles. The number of hydrogen-bond donors (Lipinski definition) is 0. The second kappa shape index (κ2) is 6.91. The van der Waals surface area contributed by atoms with E-state index in [9.17, 15) is 4.79 Å². The SMILES string of the molecule is CCOc1c(/C=C/C(=O)c2cccs2)cccc1OC. The summed E-state index contributed by atoms with van der Waals surface area (Å²) >= 11 is 1.43. The van der Waals surface area contributed by atoms with Crippen molar-refractivity contribution < 1.29 is 14.3 Å². The zero-order valence-corrected chi connectivity index (χ0v) is 12.3. The van der Waals surface area contributed by atoms with Gasteiger partial charge < -0.3 is 9.47 Å². The first-order valence-corrected chi connectivity index (χ1v) is 7.20. The molecule has 0 radical (unpaired) electrons. The first-order chi connectivity index (χ1) is 9.76. The fourth-order valence-electron chi connectivity index (χ4n) is 1.79. The maximum atomic E-state index is 12.0. The fraction of sp³-hybridized carbons (Fsp3) is 0.188. The van der Waals surface area contributed by atoms with Crippen LogP contribution in [0.3, 0.4) is 0 Å². The maximum Gasteiger partial charge on any atom is 0.195 e. The molecule has 1 heterocycles. The highest BCUT2D eigenvalue weighted by atomic mass is 32.1. The lowest BCUT2D eigenvalue weighted by atomic mass is 10.1. The van der Waals surface area contributed by atoms with Gasteiger partial charge in [0.1, 0.15) is 0 Å². The number of para-hydroxylation sites is 1. The van der Waals surface area contributed by atoms with Crippen LogP contribution in [0.1, 0.15) is 22.2 Å². The van der Waals surface area contributed by atoms with E-state index in [1.807, 2.05) is 42.6 Å². The van der Waals surface area contributed by atoms with Crippen LogP contribution in [0, 0.1) is 0 Å². The highest BCUT2D eigenvalue weighted by molar-refractivity contribution is 7.12. The molecule has 1 aromatic heterocycles. The van der Waals surface area contributed by atoms with Crippen LogP contribution in [0.4, 0.5) is 0 Å². The highest BCUT2D eigenvalue weighted by Crippen LogP contribution is 2.32. The minimum Gasteiger partial charge on any atom is -0.493 e. The Morgan fingerprint density at radius 3 is 2.80 bits per heavy atom. The molecule has 0 saturated heterocycles. The summed E-state index contributed by atoms with van der Waals surface area (Å²) in [5.41, 5.74) is 0.830. The monoisotopic (exact) mass is 288 g/mol. The number of ether oxygens (including phenoxy) is 2. The Morgan fingerprint density at radius 2 is 2.15 bits per heavy atom. The van der Waals surface area contributed by atoms with E-state index < -0.39 is 0 Å². The van der Waals surface area contributed by atoms with Crippen LogP contribution < -0.4 is 9.47 Å². The lowest BCUT2D eigenvalue weighted by Crippen LogP contribution is -1.97. The topological polar surface area (TPSA) is 35.5 Å². The molecule has 20 heavy (non-hydrogen) atoms. The van der Waals surface area contributed by atoms with Crippen LogP contribution in [0.2, 0.25) is 0 Å². The second-order valence-electron chi connectivity index (χ2n) is 3.99. The van der Waals surface area contributed by atoms with Crippen molar-refractivity contribution in [2.24, 2.45) is 0 Å². The molecule has 0 spiro atoms. The van der Waals surface area contributed by atoms with Gasteiger partial charge in [-0.05, 0) is 36.6 Å². The quantitative estimate of drug-likeness (QED) is 0.594. The normalized spacial score (nSPS) is 10.7. The molecule has 0 aliphatic carbocycles. The van der Waals surface area contributed by atoms with Crippen molar-refractivity contribution in [3.63, 3.8) is 0 Å². The van der Waals surface area contributed by atoms with E-state index in [1.54, 1.807) is 19.3 Å². The van der Waals surface area contributed by atoms with Crippen molar-refractivity contribution >= 4 is 23.2 Å². The summed E-state index contributed by atoms with van der Waals surface area (Å²) < 4.78 is 10.9. The van der Waals surface area contributed by atoms with Crippen molar-refractivity contribution in [1.29, 1.82) is 0 Å². The van der Waals surface area contributed by atoms with Crippen molar-refractivity contribution in [3.05, 3.63) is 52.2 Å². The van der Waals surface area contributed by atoms with Crippen molar-refractivity contribution in [2.75, 3.05) is 13.7 Å². The number of ketones is 1. The van der Waals surface area contributed by atoms with E-state index in [0.717, 1.165) is 10.4 Å². The number of methoxy groups -OCH3 is 1. The van der Waals surface area contributed by atoms with E-state index >= 15 is 0 Å². The number of benzene rings is 1. The predicted molar refractivity (Wildman–Crippen MR) is 81.8 cm³/mol. The highest BCUT2D eigenvalue weighted by Gasteiger charge is 2.09.